The second kappa shape index (κ2) is 53.5. The number of ether oxygens (including phenoxy) is 3. The Morgan fingerprint density at radius 1 is 0.312 bits per heavy atom. The molecule has 0 spiro atoms. The molecule has 0 saturated carbocycles. The average Bonchev–Trinajstić information content (AvgIpc) is 3.29. The molecule has 376 valence electrons. The van der Waals surface area contributed by atoms with Crippen LogP contribution in [0.25, 0.3) is 0 Å². The number of carbonyl (C=O) groups excluding carboxylic acids is 3. The summed E-state index contributed by atoms with van der Waals surface area (Å²) in [6, 6.07) is 0. The van der Waals surface area contributed by atoms with E-state index in [-0.39, 0.29) is 31.1 Å². The van der Waals surface area contributed by atoms with Crippen molar-refractivity contribution in [2.24, 2.45) is 0 Å². The van der Waals surface area contributed by atoms with Gasteiger partial charge in [0.05, 0.1) is 0 Å². The Bertz CT molecular complexity index is 1040. The van der Waals surface area contributed by atoms with Crippen LogP contribution >= 0.6 is 0 Å². The van der Waals surface area contributed by atoms with Crippen molar-refractivity contribution in [2.45, 2.75) is 316 Å². The average molecular weight is 901 g/mol. The lowest BCUT2D eigenvalue weighted by Gasteiger charge is -2.18. The normalized spacial score (nSPS) is 12.1. The molecule has 0 bridgehead atoms. The van der Waals surface area contributed by atoms with Crippen molar-refractivity contribution in [2.75, 3.05) is 13.2 Å². The number of allylic oxidation sites excluding steroid dienone is 4. The second-order valence-electron chi connectivity index (χ2n) is 19.2. The molecule has 0 radical (unpaired) electrons. The van der Waals surface area contributed by atoms with Gasteiger partial charge in [0, 0.05) is 19.3 Å². The maximum Gasteiger partial charge on any atom is 0.306 e. The first-order valence-electron chi connectivity index (χ1n) is 28.4. The Morgan fingerprint density at radius 2 is 0.547 bits per heavy atom. The molecule has 0 N–H and O–H groups in total. The number of hydrogen-bond acceptors (Lipinski definition) is 6. The van der Waals surface area contributed by atoms with Crippen molar-refractivity contribution in [3.8, 4) is 0 Å². The molecular weight excluding hydrogens is 793 g/mol. The predicted octanol–water partition coefficient (Wildman–Crippen LogP) is 18.7. The van der Waals surface area contributed by atoms with E-state index in [4.69, 9.17) is 14.2 Å². The molecule has 0 aromatic heterocycles. The van der Waals surface area contributed by atoms with Gasteiger partial charge in [-0.1, -0.05) is 270 Å². The van der Waals surface area contributed by atoms with Crippen LogP contribution < -0.4 is 0 Å². The summed E-state index contributed by atoms with van der Waals surface area (Å²) in [4.78, 5) is 38.1. The summed E-state index contributed by atoms with van der Waals surface area (Å²) in [6.45, 7) is 6.65. The third kappa shape index (κ3) is 50.9. The Balaban J connectivity index is 4.34. The molecule has 6 nitrogen and oxygen atoms in total. The number of esters is 3. The van der Waals surface area contributed by atoms with Crippen LogP contribution in [0.3, 0.4) is 0 Å². The van der Waals surface area contributed by atoms with Crippen LogP contribution in [0.1, 0.15) is 310 Å². The van der Waals surface area contributed by atoms with Gasteiger partial charge in [-0.15, -0.1) is 0 Å². The van der Waals surface area contributed by atoms with E-state index in [1.165, 1.54) is 199 Å². The molecule has 0 saturated heterocycles. The maximum absolute atomic E-state index is 12.8. The van der Waals surface area contributed by atoms with Gasteiger partial charge >= 0.3 is 17.9 Å². The van der Waals surface area contributed by atoms with Gasteiger partial charge in [0.15, 0.2) is 6.10 Å². The van der Waals surface area contributed by atoms with Gasteiger partial charge in [0.25, 0.3) is 0 Å². The van der Waals surface area contributed by atoms with Gasteiger partial charge in [-0.2, -0.15) is 0 Å². The third-order valence-electron chi connectivity index (χ3n) is 12.7. The predicted molar refractivity (Wildman–Crippen MR) is 275 cm³/mol. The van der Waals surface area contributed by atoms with Crippen molar-refractivity contribution in [3.63, 3.8) is 0 Å². The molecular formula is C58H108O6. The number of rotatable bonds is 52. The van der Waals surface area contributed by atoms with Crippen molar-refractivity contribution in [1.82, 2.24) is 0 Å². The van der Waals surface area contributed by atoms with E-state index in [1.807, 2.05) is 0 Å². The number of carbonyl (C=O) groups is 3. The van der Waals surface area contributed by atoms with E-state index >= 15 is 0 Å². The molecule has 0 rings (SSSR count). The molecule has 0 amide bonds. The molecule has 0 aliphatic heterocycles. The molecule has 0 heterocycles. The zero-order valence-corrected chi connectivity index (χ0v) is 43.1. The summed E-state index contributed by atoms with van der Waals surface area (Å²) < 4.78 is 16.8. The summed E-state index contributed by atoms with van der Waals surface area (Å²) >= 11 is 0. The molecule has 0 aliphatic carbocycles. The van der Waals surface area contributed by atoms with Crippen LogP contribution in [0, 0.1) is 0 Å². The lowest BCUT2D eigenvalue weighted by atomic mass is 10.0. The first-order chi connectivity index (χ1) is 31.5. The first-order valence-corrected chi connectivity index (χ1v) is 28.4. The van der Waals surface area contributed by atoms with Crippen LogP contribution in [-0.4, -0.2) is 37.2 Å². The fourth-order valence-corrected chi connectivity index (χ4v) is 8.44. The van der Waals surface area contributed by atoms with Crippen LogP contribution in [0.5, 0.6) is 0 Å². The van der Waals surface area contributed by atoms with Crippen LogP contribution in [0.2, 0.25) is 0 Å². The zero-order valence-electron chi connectivity index (χ0n) is 43.1. The topological polar surface area (TPSA) is 78.9 Å². The van der Waals surface area contributed by atoms with E-state index in [1.54, 1.807) is 0 Å². The molecule has 1 atom stereocenters. The van der Waals surface area contributed by atoms with E-state index in [0.29, 0.717) is 19.3 Å². The number of hydrogen-bond donors (Lipinski definition) is 0. The molecule has 1 unspecified atom stereocenters. The molecule has 0 aliphatic rings. The van der Waals surface area contributed by atoms with E-state index in [0.717, 1.165) is 70.6 Å². The molecule has 0 fully saturated rings. The van der Waals surface area contributed by atoms with Gasteiger partial charge in [-0.05, 0) is 44.9 Å². The number of unbranched alkanes of at least 4 members (excludes halogenated alkanes) is 38. The van der Waals surface area contributed by atoms with Gasteiger partial charge in [0.2, 0.25) is 0 Å². The van der Waals surface area contributed by atoms with Crippen LogP contribution in [0.4, 0.5) is 0 Å². The SMILES string of the molecule is CCCCCCCCC/C=C\C=C/CCCCCC(=O)OC(COC(=O)CCCCCCCCCCCCCC)COC(=O)CCCCCCCCCCCCCCCCCCCC. The van der Waals surface area contributed by atoms with E-state index in [2.05, 4.69) is 45.1 Å². The lowest BCUT2D eigenvalue weighted by molar-refractivity contribution is -0.167. The smallest absolute Gasteiger partial charge is 0.306 e. The van der Waals surface area contributed by atoms with Crippen molar-refractivity contribution in [3.05, 3.63) is 24.3 Å². The van der Waals surface area contributed by atoms with Crippen molar-refractivity contribution in [1.29, 1.82) is 0 Å². The van der Waals surface area contributed by atoms with Crippen molar-refractivity contribution >= 4 is 17.9 Å². The zero-order chi connectivity index (χ0) is 46.5. The highest BCUT2D eigenvalue weighted by Gasteiger charge is 2.19. The fourth-order valence-electron chi connectivity index (χ4n) is 8.44. The first kappa shape index (κ1) is 61.9. The van der Waals surface area contributed by atoms with Crippen molar-refractivity contribution < 1.29 is 28.6 Å². The monoisotopic (exact) mass is 901 g/mol. The standard InChI is InChI=1S/C58H108O6/c1-4-7-10-13-16-19-22-25-27-29-30-32-33-36-39-42-45-48-51-57(60)63-54-55(53-62-56(59)50-47-44-41-38-35-24-21-18-15-12-9-6-3)64-58(61)52-49-46-43-40-37-34-31-28-26-23-20-17-14-11-8-5-2/h28,31,34,37,55H,4-27,29-30,32-33,35-36,38-54H2,1-3H3/b31-28-,37-34-. The second-order valence-corrected chi connectivity index (χ2v) is 19.2. The van der Waals surface area contributed by atoms with E-state index in [9.17, 15) is 14.4 Å². The lowest BCUT2D eigenvalue weighted by Crippen LogP contribution is -2.30. The van der Waals surface area contributed by atoms with E-state index < -0.39 is 6.10 Å². The highest BCUT2D eigenvalue weighted by atomic mass is 16.6. The van der Waals surface area contributed by atoms with Gasteiger partial charge in [-0.3, -0.25) is 14.4 Å². The molecule has 0 aromatic carbocycles. The summed E-state index contributed by atoms with van der Waals surface area (Å²) in [7, 11) is 0. The third-order valence-corrected chi connectivity index (χ3v) is 12.7. The van der Waals surface area contributed by atoms with Gasteiger partial charge in [-0.25, -0.2) is 0 Å². The Labute approximate surface area is 398 Å². The Morgan fingerprint density at radius 3 is 0.844 bits per heavy atom. The maximum atomic E-state index is 12.8. The summed E-state index contributed by atoms with van der Waals surface area (Å²) in [6.07, 6.45) is 61.7. The van der Waals surface area contributed by atoms with Gasteiger partial charge < -0.3 is 14.2 Å². The molecule has 64 heavy (non-hydrogen) atoms. The minimum atomic E-state index is -0.779. The van der Waals surface area contributed by atoms with Crippen LogP contribution in [-0.2, 0) is 28.6 Å². The Hall–Kier alpha value is -2.11. The molecule has 0 aromatic rings. The summed E-state index contributed by atoms with van der Waals surface area (Å²) in [5, 5.41) is 0. The van der Waals surface area contributed by atoms with Crippen LogP contribution in [0.15, 0.2) is 24.3 Å². The quantitative estimate of drug-likeness (QED) is 0.0262. The highest BCUT2D eigenvalue weighted by Crippen LogP contribution is 2.17. The Kier molecular flexibility index (Phi) is 51.7. The highest BCUT2D eigenvalue weighted by molar-refractivity contribution is 5.71. The summed E-state index contributed by atoms with van der Waals surface area (Å²) in [5.74, 6) is -0.884. The molecule has 6 heteroatoms. The fraction of sp³-hybridized carbons (Fsp3) is 0.879. The largest absolute Gasteiger partial charge is 0.462 e. The van der Waals surface area contributed by atoms with Gasteiger partial charge in [0.1, 0.15) is 13.2 Å². The summed E-state index contributed by atoms with van der Waals surface area (Å²) in [5.41, 5.74) is 0. The minimum Gasteiger partial charge on any atom is -0.462 e. The minimum absolute atomic E-state index is 0.0766.